The monoisotopic (exact) mass is 1760 g/mol. The Morgan fingerprint density at radius 1 is 0.215 bits per heavy atom. The largest absolute Gasteiger partial charge is 0.456 e. The number of furan rings is 2. The van der Waals surface area contributed by atoms with Gasteiger partial charge in [-0.25, -0.2) is 0 Å². The Bertz CT molecular complexity index is 8120. The molecule has 0 saturated carbocycles. The van der Waals surface area contributed by atoms with Crippen molar-refractivity contribution in [1.29, 1.82) is 0 Å². The zero-order valence-corrected chi connectivity index (χ0v) is 83.1. The second-order valence-corrected chi connectivity index (χ2v) is 47.0. The lowest BCUT2D eigenvalue weighted by atomic mass is 9.33. The molecule has 0 atom stereocenters. The molecule has 16 aromatic carbocycles. The van der Waals surface area contributed by atoms with Gasteiger partial charge in [-0.05, 0) is 259 Å². The summed E-state index contributed by atoms with van der Waals surface area (Å²) < 4.78 is 19.7. The van der Waals surface area contributed by atoms with E-state index in [9.17, 15) is 0 Å². The third-order valence-electron chi connectivity index (χ3n) is 29.5. The van der Waals surface area contributed by atoms with Gasteiger partial charge in [-0.1, -0.05) is 348 Å². The number of hydrogen-bond acceptors (Lipinski definition) is 4. The van der Waals surface area contributed by atoms with Crippen LogP contribution in [0.2, 0.25) is 0 Å². The molecule has 6 heterocycles. The molecule has 670 valence electrons. The summed E-state index contributed by atoms with van der Waals surface area (Å²) in [6.45, 7) is 56.3. The Balaban J connectivity index is 0.972. The molecule has 0 fully saturated rings. The standard InChI is InChI=1S/C128H123BN4O2/c1-121(2,3)80-49-57-105-97(66-80)98-67-81(122(4,5)6)50-58-106(98)130(105)88-53-55-103-109(74-88)132(118-95(76-37-27-25-28-38-76)70-86(127(19,20)21)72-101(118)91-43-36-48-115-116(91)94-42-32-34-47-114(94)134-115)111-63-79(78-61-84(125(13,14)15)65-85(62-78)126(16,17)18)64-112-117(111)129(103)104-56-54-89(131-107-59-51-82(123(7,8)9)68-99(107)100-69-83(124(10,11)12)52-60-108(100)131)75-110(104)133(112)119-96(77-39-29-26-30-40-77)71-87(128(22,23)24)73-102(119)93-45-35-44-92-90-41-31-33-46-113(90)135-120(92)93/h25-75H,1-24H3. The van der Waals surface area contributed by atoms with Gasteiger partial charge in [-0.3, -0.25) is 0 Å². The molecular formula is C128H123BN4O2. The Kier molecular flexibility index (Phi) is 19.6. The van der Waals surface area contributed by atoms with Crippen LogP contribution in [-0.2, 0) is 43.3 Å². The van der Waals surface area contributed by atoms with Crippen LogP contribution in [0.4, 0.5) is 34.1 Å². The fourth-order valence-corrected chi connectivity index (χ4v) is 21.7. The fourth-order valence-electron chi connectivity index (χ4n) is 21.7. The number of rotatable bonds is 9. The zero-order chi connectivity index (χ0) is 94.3. The van der Waals surface area contributed by atoms with Gasteiger partial charge in [-0.15, -0.1) is 0 Å². The average molecular weight is 1760 g/mol. The second kappa shape index (κ2) is 30.4. The number of hydrogen-bond donors (Lipinski definition) is 0. The first-order valence-corrected chi connectivity index (χ1v) is 48.7. The molecule has 2 aliphatic heterocycles. The molecule has 0 aliphatic carbocycles. The van der Waals surface area contributed by atoms with Crippen LogP contribution in [0, 0.1) is 0 Å². The van der Waals surface area contributed by atoms with E-state index in [1.807, 2.05) is 0 Å². The molecule has 0 radical (unpaired) electrons. The third-order valence-corrected chi connectivity index (χ3v) is 29.5. The van der Waals surface area contributed by atoms with Crippen LogP contribution in [0.3, 0.4) is 0 Å². The van der Waals surface area contributed by atoms with Gasteiger partial charge in [0.2, 0.25) is 0 Å². The highest BCUT2D eigenvalue weighted by Gasteiger charge is 2.47. The van der Waals surface area contributed by atoms with Crippen molar-refractivity contribution in [2.45, 2.75) is 209 Å². The van der Waals surface area contributed by atoms with Crippen molar-refractivity contribution < 1.29 is 8.83 Å². The van der Waals surface area contributed by atoms with E-state index in [2.05, 4.69) is 494 Å². The molecule has 135 heavy (non-hydrogen) atoms. The van der Waals surface area contributed by atoms with Crippen LogP contribution in [-0.4, -0.2) is 15.8 Å². The topological polar surface area (TPSA) is 42.6 Å². The van der Waals surface area contributed by atoms with Crippen molar-refractivity contribution in [3.05, 3.63) is 354 Å². The number of aromatic nitrogens is 2. The maximum absolute atomic E-state index is 7.47. The summed E-state index contributed by atoms with van der Waals surface area (Å²) in [5.74, 6) is 0. The third kappa shape index (κ3) is 14.4. The van der Waals surface area contributed by atoms with Gasteiger partial charge in [0.15, 0.2) is 0 Å². The van der Waals surface area contributed by atoms with Gasteiger partial charge in [0, 0.05) is 105 Å². The van der Waals surface area contributed by atoms with Crippen LogP contribution in [0.1, 0.15) is 211 Å². The lowest BCUT2D eigenvalue weighted by Gasteiger charge is -2.46. The van der Waals surface area contributed by atoms with Crippen molar-refractivity contribution in [3.63, 3.8) is 0 Å². The lowest BCUT2D eigenvalue weighted by molar-refractivity contribution is 0.569. The van der Waals surface area contributed by atoms with Crippen LogP contribution >= 0.6 is 0 Å². The van der Waals surface area contributed by atoms with E-state index in [0.29, 0.717) is 0 Å². The predicted molar refractivity (Wildman–Crippen MR) is 580 cm³/mol. The summed E-state index contributed by atoms with van der Waals surface area (Å²) in [6, 6.07) is 121. The summed E-state index contributed by atoms with van der Waals surface area (Å²) in [6.07, 6.45) is 0. The highest BCUT2D eigenvalue weighted by molar-refractivity contribution is 7.00. The van der Waals surface area contributed by atoms with Crippen LogP contribution in [0.25, 0.3) is 154 Å². The molecule has 7 heteroatoms. The number of para-hydroxylation sites is 3. The molecule has 2 aliphatic rings. The quantitative estimate of drug-likeness (QED) is 0.135. The highest BCUT2D eigenvalue weighted by atomic mass is 16.3. The van der Waals surface area contributed by atoms with E-state index in [0.717, 1.165) is 167 Å². The predicted octanol–water partition coefficient (Wildman–Crippen LogP) is 34.5. The number of benzene rings is 16. The van der Waals surface area contributed by atoms with E-state index in [1.165, 1.54) is 82.4 Å². The van der Waals surface area contributed by atoms with E-state index >= 15 is 0 Å². The van der Waals surface area contributed by atoms with E-state index in [1.54, 1.807) is 0 Å². The van der Waals surface area contributed by atoms with Crippen molar-refractivity contribution in [3.8, 4) is 67.0 Å². The first kappa shape index (κ1) is 86.8. The molecule has 4 aromatic heterocycles. The van der Waals surface area contributed by atoms with Gasteiger partial charge in [0.1, 0.15) is 22.3 Å². The smallest absolute Gasteiger partial charge is 0.252 e. The molecule has 0 N–H and O–H groups in total. The molecular weight excluding hydrogens is 1640 g/mol. The molecule has 0 amide bonds. The van der Waals surface area contributed by atoms with Crippen molar-refractivity contribution in [1.82, 2.24) is 9.13 Å². The van der Waals surface area contributed by atoms with Gasteiger partial charge >= 0.3 is 0 Å². The number of fused-ring (bicyclic) bond motifs is 16. The Morgan fingerprint density at radius 2 is 0.556 bits per heavy atom. The van der Waals surface area contributed by atoms with Gasteiger partial charge in [0.25, 0.3) is 6.71 Å². The fraction of sp³-hybridized carbons (Fsp3) is 0.250. The minimum atomic E-state index is -0.394. The normalized spacial score (nSPS) is 13.6. The summed E-state index contributed by atoms with van der Waals surface area (Å²) in [7, 11) is 0. The van der Waals surface area contributed by atoms with Gasteiger partial charge in [0.05, 0.1) is 33.4 Å². The van der Waals surface area contributed by atoms with E-state index in [-0.39, 0.29) is 43.3 Å². The average Bonchev–Trinajstić information content (AvgIpc) is 0.869. The van der Waals surface area contributed by atoms with Crippen molar-refractivity contribution >= 4 is 145 Å². The highest BCUT2D eigenvalue weighted by Crippen LogP contribution is 2.59. The van der Waals surface area contributed by atoms with Crippen LogP contribution in [0.15, 0.2) is 318 Å². The summed E-state index contributed by atoms with van der Waals surface area (Å²) >= 11 is 0. The van der Waals surface area contributed by atoms with E-state index < -0.39 is 6.71 Å². The number of nitrogens with zero attached hydrogens (tertiary/aromatic N) is 4. The lowest BCUT2D eigenvalue weighted by Crippen LogP contribution is -2.61. The molecule has 0 unspecified atom stereocenters. The zero-order valence-electron chi connectivity index (χ0n) is 83.1. The summed E-state index contributed by atoms with van der Waals surface area (Å²) in [4.78, 5) is 5.56. The van der Waals surface area contributed by atoms with Crippen LogP contribution < -0.4 is 26.2 Å². The van der Waals surface area contributed by atoms with Crippen molar-refractivity contribution in [2.24, 2.45) is 0 Å². The molecule has 0 bridgehead atoms. The maximum atomic E-state index is 7.47. The minimum absolute atomic E-state index is 0.112. The van der Waals surface area contributed by atoms with Crippen LogP contribution in [0.5, 0.6) is 0 Å². The molecule has 22 rings (SSSR count). The number of anilines is 6. The summed E-state index contributed by atoms with van der Waals surface area (Å²) in [5.41, 5.74) is 39.6. The maximum Gasteiger partial charge on any atom is 0.252 e. The molecule has 0 spiro atoms. The second-order valence-electron chi connectivity index (χ2n) is 47.0. The SMILES string of the molecule is CC(C)(C)c1cc(-c2cc3c4c(c2)N(c2c(-c5ccccc5)cc(C(C)(C)C)cc2-c2cccc5oc6ccccc6c25)c2cc(-n5c6ccc(C(C)(C)C)cc6c6cc(C(C)(C)C)ccc65)ccc2B4c2ccc(-n4c5ccc(C(C)(C)C)cc5c5cc(C(C)(C)C)ccc54)cc2N3c2c(-c3ccccc3)cc(C(C)(C)C)cc2-c2cccc3c2oc2ccccc23)cc(C(C)(C)C)c1. The van der Waals surface area contributed by atoms with Gasteiger partial charge < -0.3 is 27.8 Å². The Labute approximate surface area is 797 Å². The first-order chi connectivity index (χ1) is 64.0. The van der Waals surface area contributed by atoms with E-state index in [4.69, 9.17) is 8.83 Å². The first-order valence-electron chi connectivity index (χ1n) is 48.7. The van der Waals surface area contributed by atoms with Gasteiger partial charge in [-0.2, -0.15) is 0 Å². The summed E-state index contributed by atoms with van der Waals surface area (Å²) in [5, 5.41) is 9.25. The molecule has 6 nitrogen and oxygen atoms in total. The minimum Gasteiger partial charge on any atom is -0.456 e. The Hall–Kier alpha value is -13.6. The molecule has 0 saturated heterocycles. The van der Waals surface area contributed by atoms with Crippen molar-refractivity contribution in [2.75, 3.05) is 9.80 Å². The molecule has 20 aromatic rings. The Morgan fingerprint density at radius 3 is 0.978 bits per heavy atom.